The number of esters is 1. The molecule has 28 heavy (non-hydrogen) atoms. The third-order valence-corrected chi connectivity index (χ3v) is 4.61. The third-order valence-electron chi connectivity index (χ3n) is 4.61. The van der Waals surface area contributed by atoms with Crippen molar-refractivity contribution in [3.05, 3.63) is 60.2 Å². The van der Waals surface area contributed by atoms with Crippen molar-refractivity contribution in [2.45, 2.75) is 0 Å². The Morgan fingerprint density at radius 2 is 1.43 bits per heavy atom. The molecule has 0 atom stereocenters. The summed E-state index contributed by atoms with van der Waals surface area (Å²) in [6, 6.07) is 16.6. The molecule has 0 aliphatic rings. The van der Waals surface area contributed by atoms with E-state index < -0.39 is 5.97 Å². The first-order chi connectivity index (χ1) is 13.6. The van der Waals surface area contributed by atoms with Gasteiger partial charge < -0.3 is 23.9 Å². The number of fused-ring (bicyclic) bond motifs is 3. The van der Waals surface area contributed by atoms with Crippen LogP contribution in [0.1, 0.15) is 10.4 Å². The van der Waals surface area contributed by atoms with Crippen LogP contribution in [0.4, 0.5) is 0 Å². The molecule has 0 bridgehead atoms. The van der Waals surface area contributed by atoms with Crippen molar-refractivity contribution in [3.8, 4) is 23.0 Å². The Bertz CT molecular complexity index is 1180. The first kappa shape index (κ1) is 17.7. The molecule has 0 aliphatic carbocycles. The Labute approximate surface area is 161 Å². The molecule has 142 valence electrons. The van der Waals surface area contributed by atoms with Crippen LogP contribution < -0.4 is 18.9 Å². The number of hydrogen-bond donors (Lipinski definition) is 1. The molecule has 1 heterocycles. The fraction of sp³-hybridized carbons (Fsp3) is 0.136. The molecule has 1 N–H and O–H groups in total. The third kappa shape index (κ3) is 2.99. The average Bonchev–Trinajstić information content (AvgIpc) is 3.10. The van der Waals surface area contributed by atoms with E-state index in [0.29, 0.717) is 23.0 Å². The summed E-state index contributed by atoms with van der Waals surface area (Å²) < 4.78 is 21.5. The lowest BCUT2D eigenvalue weighted by atomic mass is 10.1. The number of aromatic nitrogens is 1. The van der Waals surface area contributed by atoms with E-state index >= 15 is 0 Å². The van der Waals surface area contributed by atoms with Gasteiger partial charge in [-0.05, 0) is 24.3 Å². The van der Waals surface area contributed by atoms with E-state index in [1.165, 1.54) is 21.3 Å². The van der Waals surface area contributed by atoms with Crippen LogP contribution in [-0.2, 0) is 0 Å². The zero-order chi connectivity index (χ0) is 19.7. The summed E-state index contributed by atoms with van der Waals surface area (Å²) in [5.74, 6) is 1.13. The first-order valence-electron chi connectivity index (χ1n) is 8.67. The second-order valence-electron chi connectivity index (χ2n) is 6.17. The minimum atomic E-state index is -0.544. The molecule has 4 aromatic rings. The van der Waals surface area contributed by atoms with Crippen LogP contribution in [0.15, 0.2) is 54.6 Å². The molecule has 0 radical (unpaired) electrons. The van der Waals surface area contributed by atoms with Crippen LogP contribution in [0.2, 0.25) is 0 Å². The van der Waals surface area contributed by atoms with Gasteiger partial charge in [0.1, 0.15) is 17.1 Å². The lowest BCUT2D eigenvalue weighted by Gasteiger charge is -2.13. The molecule has 0 unspecified atom stereocenters. The van der Waals surface area contributed by atoms with Gasteiger partial charge in [-0.3, -0.25) is 0 Å². The van der Waals surface area contributed by atoms with Gasteiger partial charge in [-0.25, -0.2) is 4.79 Å². The van der Waals surface area contributed by atoms with Gasteiger partial charge in [-0.2, -0.15) is 0 Å². The summed E-state index contributed by atoms with van der Waals surface area (Å²) in [6.07, 6.45) is 0. The van der Waals surface area contributed by atoms with Crippen molar-refractivity contribution in [1.82, 2.24) is 4.98 Å². The highest BCUT2D eigenvalue weighted by atomic mass is 16.5. The predicted octanol–water partition coefficient (Wildman–Crippen LogP) is 4.57. The number of methoxy groups -OCH3 is 3. The highest BCUT2D eigenvalue weighted by molar-refractivity contribution is 6.07. The van der Waals surface area contributed by atoms with Gasteiger partial charge in [0.05, 0.1) is 21.3 Å². The quantitative estimate of drug-likeness (QED) is 0.408. The van der Waals surface area contributed by atoms with Crippen LogP contribution in [-0.4, -0.2) is 32.3 Å². The van der Waals surface area contributed by atoms with E-state index in [0.717, 1.165) is 21.8 Å². The van der Waals surface area contributed by atoms with Crippen molar-refractivity contribution in [1.29, 1.82) is 0 Å². The molecule has 0 amide bonds. The molecule has 3 aromatic carbocycles. The number of ether oxygens (including phenoxy) is 4. The van der Waals surface area contributed by atoms with Gasteiger partial charge in [0.15, 0.2) is 11.5 Å². The Hall–Kier alpha value is -3.67. The Kier molecular flexibility index (Phi) is 4.53. The van der Waals surface area contributed by atoms with Gasteiger partial charge >= 0.3 is 5.97 Å². The number of carbonyl (C=O) groups excluding carboxylic acids is 1. The number of para-hydroxylation sites is 1. The van der Waals surface area contributed by atoms with E-state index in [4.69, 9.17) is 18.9 Å². The summed E-state index contributed by atoms with van der Waals surface area (Å²) in [5.41, 5.74) is 2.26. The summed E-state index contributed by atoms with van der Waals surface area (Å²) >= 11 is 0. The molecular formula is C22H19NO5. The number of aromatic amines is 1. The fourth-order valence-corrected chi connectivity index (χ4v) is 3.24. The zero-order valence-electron chi connectivity index (χ0n) is 15.7. The molecule has 0 fully saturated rings. The number of H-pyrrole nitrogens is 1. The van der Waals surface area contributed by atoms with Gasteiger partial charge in [-0.1, -0.05) is 18.2 Å². The van der Waals surface area contributed by atoms with Crippen molar-refractivity contribution in [2.75, 3.05) is 21.3 Å². The minimum Gasteiger partial charge on any atom is -0.496 e. The molecule has 0 saturated carbocycles. The Morgan fingerprint density at radius 3 is 2.18 bits per heavy atom. The van der Waals surface area contributed by atoms with Crippen molar-refractivity contribution in [2.24, 2.45) is 0 Å². The number of nitrogens with one attached hydrogen (secondary N) is 1. The number of hydrogen-bond acceptors (Lipinski definition) is 5. The smallest absolute Gasteiger partial charge is 0.347 e. The molecule has 6 nitrogen and oxygen atoms in total. The lowest BCUT2D eigenvalue weighted by molar-refractivity contribution is 0.0731. The van der Waals surface area contributed by atoms with E-state index in [1.807, 2.05) is 36.4 Å². The standard InChI is InChI=1S/C22H19NO5/c1-25-19-12-21(27-3)20(26-2)11-16(19)22(24)28-13-8-9-18-15(10-13)14-6-4-5-7-17(14)23-18/h4-12,23H,1-3H3. The van der Waals surface area contributed by atoms with E-state index in [1.54, 1.807) is 18.2 Å². The van der Waals surface area contributed by atoms with Gasteiger partial charge in [0, 0.05) is 33.9 Å². The maximum Gasteiger partial charge on any atom is 0.347 e. The summed E-state index contributed by atoms with van der Waals surface area (Å²) in [4.78, 5) is 16.1. The van der Waals surface area contributed by atoms with Crippen LogP contribution in [0.5, 0.6) is 23.0 Å². The van der Waals surface area contributed by atoms with Crippen LogP contribution in [0.3, 0.4) is 0 Å². The SMILES string of the molecule is COc1cc(OC)c(C(=O)Oc2ccc3[nH]c4ccccc4c3c2)cc1OC. The van der Waals surface area contributed by atoms with Gasteiger partial charge in [0.25, 0.3) is 0 Å². The van der Waals surface area contributed by atoms with Gasteiger partial charge in [-0.15, -0.1) is 0 Å². The normalized spacial score (nSPS) is 10.8. The molecule has 0 saturated heterocycles. The highest BCUT2D eigenvalue weighted by Gasteiger charge is 2.20. The lowest BCUT2D eigenvalue weighted by Crippen LogP contribution is -2.11. The Balaban J connectivity index is 1.71. The van der Waals surface area contributed by atoms with Crippen molar-refractivity contribution >= 4 is 27.8 Å². The molecule has 0 aliphatic heterocycles. The summed E-state index contributed by atoms with van der Waals surface area (Å²) in [5, 5.41) is 2.05. The largest absolute Gasteiger partial charge is 0.496 e. The number of carbonyl (C=O) groups is 1. The molecule has 6 heteroatoms. The van der Waals surface area contributed by atoms with Crippen LogP contribution >= 0.6 is 0 Å². The molecular weight excluding hydrogens is 358 g/mol. The van der Waals surface area contributed by atoms with Crippen molar-refractivity contribution < 1.29 is 23.7 Å². The summed E-state index contributed by atoms with van der Waals surface area (Å²) in [6.45, 7) is 0. The maximum absolute atomic E-state index is 12.8. The van der Waals surface area contributed by atoms with Crippen LogP contribution in [0.25, 0.3) is 21.8 Å². The van der Waals surface area contributed by atoms with E-state index in [2.05, 4.69) is 4.98 Å². The molecule has 1 aromatic heterocycles. The number of benzene rings is 3. The number of rotatable bonds is 5. The molecule has 0 spiro atoms. The topological polar surface area (TPSA) is 69.8 Å². The maximum atomic E-state index is 12.8. The minimum absolute atomic E-state index is 0.249. The second-order valence-corrected chi connectivity index (χ2v) is 6.17. The monoisotopic (exact) mass is 377 g/mol. The Morgan fingerprint density at radius 1 is 0.750 bits per heavy atom. The van der Waals surface area contributed by atoms with Crippen LogP contribution in [0, 0.1) is 0 Å². The molecule has 4 rings (SSSR count). The van der Waals surface area contributed by atoms with Crippen molar-refractivity contribution in [3.63, 3.8) is 0 Å². The average molecular weight is 377 g/mol. The predicted molar refractivity (Wildman–Crippen MR) is 107 cm³/mol. The van der Waals surface area contributed by atoms with E-state index in [9.17, 15) is 4.79 Å². The first-order valence-corrected chi connectivity index (χ1v) is 8.67. The summed E-state index contributed by atoms with van der Waals surface area (Å²) in [7, 11) is 4.51. The van der Waals surface area contributed by atoms with Gasteiger partial charge in [0.2, 0.25) is 0 Å². The second kappa shape index (κ2) is 7.15. The fourth-order valence-electron chi connectivity index (χ4n) is 3.24. The van der Waals surface area contributed by atoms with E-state index in [-0.39, 0.29) is 5.56 Å². The zero-order valence-corrected chi connectivity index (χ0v) is 15.7. The highest BCUT2D eigenvalue weighted by Crippen LogP contribution is 2.35.